The van der Waals surface area contributed by atoms with Gasteiger partial charge in [0.1, 0.15) is 17.4 Å². The van der Waals surface area contributed by atoms with Crippen LogP contribution in [0.4, 0.5) is 10.2 Å². The van der Waals surface area contributed by atoms with Crippen LogP contribution in [-0.4, -0.2) is 77.1 Å². The van der Waals surface area contributed by atoms with Gasteiger partial charge in [-0.1, -0.05) is 6.07 Å². The second-order valence-electron chi connectivity index (χ2n) is 8.67. The zero-order chi connectivity index (χ0) is 25.1. The van der Waals surface area contributed by atoms with E-state index >= 15 is 0 Å². The van der Waals surface area contributed by atoms with Crippen molar-refractivity contribution in [2.75, 3.05) is 52.3 Å². The van der Waals surface area contributed by atoms with Crippen molar-refractivity contribution in [3.05, 3.63) is 66.4 Å². The van der Waals surface area contributed by atoms with Crippen LogP contribution in [0.2, 0.25) is 0 Å². The molecule has 5 rings (SSSR count). The summed E-state index contributed by atoms with van der Waals surface area (Å²) in [7, 11) is 5.30. The molecule has 36 heavy (non-hydrogen) atoms. The van der Waals surface area contributed by atoms with Crippen molar-refractivity contribution < 1.29 is 13.9 Å². The van der Waals surface area contributed by atoms with E-state index in [0.717, 1.165) is 43.1 Å². The van der Waals surface area contributed by atoms with Crippen LogP contribution >= 0.6 is 0 Å². The van der Waals surface area contributed by atoms with Gasteiger partial charge in [-0.15, -0.1) is 0 Å². The summed E-state index contributed by atoms with van der Waals surface area (Å²) in [5, 5.41) is 4.54. The van der Waals surface area contributed by atoms with Crippen LogP contribution in [-0.2, 0) is 11.3 Å². The average Bonchev–Trinajstić information content (AvgIpc) is 3.40. The van der Waals surface area contributed by atoms with Crippen molar-refractivity contribution in [2.45, 2.75) is 6.61 Å². The molecule has 0 radical (unpaired) electrons. The Bertz CT molecular complexity index is 1350. The molecule has 1 saturated heterocycles. The van der Waals surface area contributed by atoms with Gasteiger partial charge in [0.25, 0.3) is 0 Å². The molecular formula is C26H28FN7O2. The molecule has 0 N–H and O–H groups in total. The number of anilines is 1. The maximum atomic E-state index is 14.6. The lowest BCUT2D eigenvalue weighted by atomic mass is 10.1. The molecule has 0 amide bonds. The molecule has 4 heterocycles. The second kappa shape index (κ2) is 10.4. The number of ether oxygens (including phenoxy) is 2. The fourth-order valence-corrected chi connectivity index (χ4v) is 4.23. The minimum atomic E-state index is -0.446. The Balaban J connectivity index is 1.48. The quantitative estimate of drug-likeness (QED) is 0.391. The van der Waals surface area contributed by atoms with E-state index in [2.05, 4.69) is 38.0 Å². The maximum absolute atomic E-state index is 14.6. The number of methoxy groups -OCH3 is 2. The third-order valence-electron chi connectivity index (χ3n) is 6.18. The molecule has 3 aromatic heterocycles. The van der Waals surface area contributed by atoms with Gasteiger partial charge in [-0.3, -0.25) is 0 Å². The minimum absolute atomic E-state index is 0.222. The number of hydrogen-bond acceptors (Lipinski definition) is 8. The fraction of sp³-hybridized carbons (Fsp3) is 0.308. The highest BCUT2D eigenvalue weighted by Gasteiger charge is 2.19. The van der Waals surface area contributed by atoms with E-state index in [-0.39, 0.29) is 11.4 Å². The van der Waals surface area contributed by atoms with Crippen molar-refractivity contribution in [1.29, 1.82) is 0 Å². The summed E-state index contributed by atoms with van der Waals surface area (Å²) >= 11 is 0. The predicted molar refractivity (Wildman–Crippen MR) is 135 cm³/mol. The monoisotopic (exact) mass is 489 g/mol. The van der Waals surface area contributed by atoms with Crippen LogP contribution in [0.25, 0.3) is 28.5 Å². The number of nitrogens with zero attached hydrogens (tertiary/aromatic N) is 7. The van der Waals surface area contributed by atoms with Gasteiger partial charge in [-0.2, -0.15) is 5.10 Å². The average molecular weight is 490 g/mol. The van der Waals surface area contributed by atoms with Crippen molar-refractivity contribution in [3.8, 4) is 34.2 Å². The third kappa shape index (κ3) is 4.91. The smallest absolute Gasteiger partial charge is 0.166 e. The number of likely N-dealkylation sites (N-methyl/N-ethyl adjacent to an activating group) is 1. The number of piperazine rings is 1. The molecule has 1 aromatic carbocycles. The molecule has 0 atom stereocenters. The minimum Gasteiger partial charge on any atom is -0.496 e. The summed E-state index contributed by atoms with van der Waals surface area (Å²) in [6.45, 7) is 4.27. The van der Waals surface area contributed by atoms with E-state index in [4.69, 9.17) is 14.5 Å². The Kier molecular flexibility index (Phi) is 6.88. The number of hydrogen-bond donors (Lipinski definition) is 0. The highest BCUT2D eigenvalue weighted by atomic mass is 19.1. The standard InChI is InChI=1S/C26H28FN7O2/c1-32-9-11-33(12-10-32)23-13-18(17-35-2)14-24(31-23)34-16-19(15-29-34)21-7-8-28-26(30-21)25-20(27)5-4-6-22(25)36-3/h4-8,13-16H,9-12,17H2,1-3H3. The normalized spacial score (nSPS) is 14.3. The highest BCUT2D eigenvalue weighted by molar-refractivity contribution is 5.68. The molecule has 9 nitrogen and oxygen atoms in total. The van der Waals surface area contributed by atoms with Gasteiger partial charge < -0.3 is 19.3 Å². The summed E-state index contributed by atoms with van der Waals surface area (Å²) < 4.78 is 27.0. The van der Waals surface area contributed by atoms with Crippen molar-refractivity contribution in [2.24, 2.45) is 0 Å². The molecule has 186 valence electrons. The SMILES string of the molecule is COCc1cc(N2CCN(C)CC2)nc(-n2cc(-c3ccnc(-c4c(F)cccc4OC)n3)cn2)c1. The van der Waals surface area contributed by atoms with E-state index < -0.39 is 5.82 Å². The predicted octanol–water partition coefficient (Wildman–Crippen LogP) is 3.44. The van der Waals surface area contributed by atoms with E-state index in [9.17, 15) is 4.39 Å². The van der Waals surface area contributed by atoms with Crippen LogP contribution in [0.15, 0.2) is 55.0 Å². The van der Waals surface area contributed by atoms with Gasteiger partial charge in [0.2, 0.25) is 0 Å². The zero-order valence-corrected chi connectivity index (χ0v) is 20.6. The van der Waals surface area contributed by atoms with Crippen molar-refractivity contribution >= 4 is 5.82 Å². The first kappa shape index (κ1) is 23.8. The number of aromatic nitrogens is 5. The molecule has 1 fully saturated rings. The topological polar surface area (TPSA) is 81.4 Å². The van der Waals surface area contributed by atoms with Crippen LogP contribution in [0.5, 0.6) is 5.75 Å². The molecular weight excluding hydrogens is 461 g/mol. The molecule has 0 aliphatic carbocycles. The van der Waals surface area contributed by atoms with Crippen LogP contribution in [0, 0.1) is 5.82 Å². The summed E-state index contributed by atoms with van der Waals surface area (Å²) in [5.74, 6) is 1.76. The largest absolute Gasteiger partial charge is 0.496 e. The van der Waals surface area contributed by atoms with Crippen molar-refractivity contribution in [1.82, 2.24) is 29.6 Å². The number of benzene rings is 1. The summed E-state index contributed by atoms with van der Waals surface area (Å²) in [4.78, 5) is 18.4. The Morgan fingerprint density at radius 2 is 1.81 bits per heavy atom. The molecule has 1 aliphatic heterocycles. The molecule has 0 unspecified atom stereocenters. The first-order valence-electron chi connectivity index (χ1n) is 11.7. The van der Waals surface area contributed by atoms with Gasteiger partial charge in [0, 0.05) is 51.2 Å². The molecule has 4 aromatic rings. The van der Waals surface area contributed by atoms with Crippen molar-refractivity contribution in [3.63, 3.8) is 0 Å². The van der Waals surface area contributed by atoms with E-state index in [0.29, 0.717) is 23.9 Å². The van der Waals surface area contributed by atoms with Gasteiger partial charge in [-0.25, -0.2) is 24.0 Å². The van der Waals surface area contributed by atoms with E-state index in [1.165, 1.54) is 13.2 Å². The third-order valence-corrected chi connectivity index (χ3v) is 6.18. The summed E-state index contributed by atoms with van der Waals surface area (Å²) in [5.41, 5.74) is 2.61. The molecule has 0 saturated carbocycles. The Hall–Kier alpha value is -3.89. The number of pyridine rings is 1. The number of halogens is 1. The lowest BCUT2D eigenvalue weighted by molar-refractivity contribution is 0.185. The van der Waals surface area contributed by atoms with E-state index in [1.807, 2.05) is 12.3 Å². The molecule has 1 aliphatic rings. The molecule has 10 heteroatoms. The van der Waals surface area contributed by atoms with Crippen LogP contribution in [0.1, 0.15) is 5.56 Å². The molecule has 0 bridgehead atoms. The molecule has 0 spiro atoms. The van der Waals surface area contributed by atoms with Crippen LogP contribution < -0.4 is 9.64 Å². The van der Waals surface area contributed by atoms with Gasteiger partial charge in [-0.05, 0) is 42.9 Å². The van der Waals surface area contributed by atoms with Gasteiger partial charge in [0.15, 0.2) is 11.6 Å². The van der Waals surface area contributed by atoms with Crippen LogP contribution in [0.3, 0.4) is 0 Å². The summed E-state index contributed by atoms with van der Waals surface area (Å²) in [6, 6.07) is 10.4. The lowest BCUT2D eigenvalue weighted by Crippen LogP contribution is -2.44. The first-order valence-corrected chi connectivity index (χ1v) is 11.7. The summed E-state index contributed by atoms with van der Waals surface area (Å²) in [6.07, 6.45) is 5.17. The Labute approximate surface area is 209 Å². The first-order chi connectivity index (χ1) is 17.6. The second-order valence-corrected chi connectivity index (χ2v) is 8.67. The van der Waals surface area contributed by atoms with Gasteiger partial charge >= 0.3 is 0 Å². The zero-order valence-electron chi connectivity index (χ0n) is 20.6. The number of rotatable bonds is 7. The fourth-order valence-electron chi connectivity index (χ4n) is 4.23. The van der Waals surface area contributed by atoms with Gasteiger partial charge in [0.05, 0.1) is 31.2 Å². The Morgan fingerprint density at radius 3 is 2.58 bits per heavy atom. The lowest BCUT2D eigenvalue weighted by Gasteiger charge is -2.33. The van der Waals surface area contributed by atoms with E-state index in [1.54, 1.807) is 42.4 Å². The maximum Gasteiger partial charge on any atom is 0.166 e. The highest BCUT2D eigenvalue weighted by Crippen LogP contribution is 2.31. The Morgan fingerprint density at radius 1 is 1.00 bits per heavy atom.